The molecule has 3 rings (SSSR count). The summed E-state index contributed by atoms with van der Waals surface area (Å²) >= 11 is 0. The third-order valence-corrected chi connectivity index (χ3v) is 4.88. The van der Waals surface area contributed by atoms with E-state index in [1.807, 2.05) is 25.1 Å². The summed E-state index contributed by atoms with van der Waals surface area (Å²) in [4.78, 5) is 15.9. The van der Waals surface area contributed by atoms with Gasteiger partial charge in [0.2, 0.25) is 0 Å². The predicted octanol–water partition coefficient (Wildman–Crippen LogP) is 2.45. The summed E-state index contributed by atoms with van der Waals surface area (Å²) in [6, 6.07) is 5.63. The number of benzene rings is 1. The first-order valence-electron chi connectivity index (χ1n) is 8.44. The Morgan fingerprint density at radius 1 is 1.30 bits per heavy atom. The van der Waals surface area contributed by atoms with Gasteiger partial charge in [0.15, 0.2) is 0 Å². The molecular weight excluding hydrogens is 294 g/mol. The second-order valence-electron chi connectivity index (χ2n) is 6.57. The van der Waals surface area contributed by atoms with E-state index in [4.69, 9.17) is 4.74 Å². The number of nitro benzene ring substituents is 1. The van der Waals surface area contributed by atoms with E-state index in [2.05, 4.69) is 9.80 Å². The monoisotopic (exact) mass is 319 g/mol. The van der Waals surface area contributed by atoms with Crippen LogP contribution in [-0.4, -0.2) is 55.8 Å². The van der Waals surface area contributed by atoms with Crippen LogP contribution in [-0.2, 0) is 4.74 Å². The SMILES string of the molecule is Cc1cccc(N2CCC[C@H](CN3CCOCC3)C2)c1[N+](=O)[O-]. The Hall–Kier alpha value is -1.66. The van der Waals surface area contributed by atoms with Gasteiger partial charge in [-0.1, -0.05) is 12.1 Å². The van der Waals surface area contributed by atoms with Crippen molar-refractivity contribution in [2.24, 2.45) is 5.92 Å². The summed E-state index contributed by atoms with van der Waals surface area (Å²) in [5.74, 6) is 0.571. The number of para-hydroxylation sites is 1. The van der Waals surface area contributed by atoms with Crippen LogP contribution in [0.1, 0.15) is 18.4 Å². The number of hydrogen-bond donors (Lipinski definition) is 0. The third-order valence-electron chi connectivity index (χ3n) is 4.88. The molecule has 1 aromatic carbocycles. The van der Waals surface area contributed by atoms with Crippen LogP contribution in [0.25, 0.3) is 0 Å². The number of nitro groups is 1. The summed E-state index contributed by atoms with van der Waals surface area (Å²) in [6.45, 7) is 8.34. The van der Waals surface area contributed by atoms with Crippen LogP contribution in [0.4, 0.5) is 11.4 Å². The van der Waals surface area contributed by atoms with Crippen molar-refractivity contribution in [2.45, 2.75) is 19.8 Å². The van der Waals surface area contributed by atoms with Crippen molar-refractivity contribution in [1.82, 2.24) is 4.90 Å². The van der Waals surface area contributed by atoms with E-state index >= 15 is 0 Å². The molecule has 6 heteroatoms. The molecule has 2 aliphatic heterocycles. The van der Waals surface area contributed by atoms with Gasteiger partial charge < -0.3 is 9.64 Å². The molecule has 0 unspecified atom stereocenters. The van der Waals surface area contributed by atoms with Gasteiger partial charge in [0, 0.05) is 38.3 Å². The highest BCUT2D eigenvalue weighted by Gasteiger charge is 2.27. The maximum absolute atomic E-state index is 11.4. The number of anilines is 1. The summed E-state index contributed by atoms with van der Waals surface area (Å²) in [7, 11) is 0. The molecule has 2 fully saturated rings. The van der Waals surface area contributed by atoms with Crippen LogP contribution >= 0.6 is 0 Å². The molecule has 0 spiro atoms. The quantitative estimate of drug-likeness (QED) is 0.630. The fraction of sp³-hybridized carbons (Fsp3) is 0.647. The van der Waals surface area contributed by atoms with E-state index in [0.717, 1.165) is 63.6 Å². The van der Waals surface area contributed by atoms with Gasteiger partial charge in [0.25, 0.3) is 5.69 Å². The predicted molar refractivity (Wildman–Crippen MR) is 90.0 cm³/mol. The van der Waals surface area contributed by atoms with E-state index in [0.29, 0.717) is 5.92 Å². The Morgan fingerprint density at radius 2 is 2.09 bits per heavy atom. The zero-order chi connectivity index (χ0) is 16.2. The summed E-state index contributed by atoms with van der Waals surface area (Å²) in [5, 5.41) is 11.4. The van der Waals surface area contributed by atoms with Crippen molar-refractivity contribution in [2.75, 3.05) is 50.8 Å². The number of morpholine rings is 1. The Morgan fingerprint density at radius 3 is 2.83 bits per heavy atom. The highest BCUT2D eigenvalue weighted by Crippen LogP contribution is 2.34. The van der Waals surface area contributed by atoms with Crippen LogP contribution in [0.2, 0.25) is 0 Å². The average Bonchev–Trinajstić information content (AvgIpc) is 2.55. The Labute approximate surface area is 137 Å². The molecule has 23 heavy (non-hydrogen) atoms. The summed E-state index contributed by atoms with van der Waals surface area (Å²) < 4.78 is 5.41. The minimum atomic E-state index is -0.240. The molecular formula is C17H25N3O3. The van der Waals surface area contributed by atoms with Gasteiger partial charge in [-0.05, 0) is 31.7 Å². The maximum Gasteiger partial charge on any atom is 0.295 e. The third kappa shape index (κ3) is 3.82. The Kier molecular flexibility index (Phi) is 5.13. The highest BCUT2D eigenvalue weighted by molar-refractivity contribution is 5.66. The lowest BCUT2D eigenvalue weighted by atomic mass is 9.96. The maximum atomic E-state index is 11.4. The second-order valence-corrected chi connectivity index (χ2v) is 6.57. The molecule has 0 N–H and O–H groups in total. The molecule has 126 valence electrons. The van der Waals surface area contributed by atoms with Gasteiger partial charge in [0.05, 0.1) is 18.1 Å². The topological polar surface area (TPSA) is 58.8 Å². The average molecular weight is 319 g/mol. The standard InChI is InChI=1S/C17H25N3O3/c1-14-4-2-6-16(17(14)20(21)22)19-7-3-5-15(13-19)12-18-8-10-23-11-9-18/h2,4,6,15H,3,5,7-13H2,1H3/t15-/m1/s1. The normalized spacial score (nSPS) is 23.0. The van der Waals surface area contributed by atoms with Crippen molar-refractivity contribution >= 4 is 11.4 Å². The van der Waals surface area contributed by atoms with E-state index in [9.17, 15) is 10.1 Å². The second kappa shape index (κ2) is 7.27. The Bertz CT molecular complexity index is 558. The molecule has 1 aromatic rings. The highest BCUT2D eigenvalue weighted by atomic mass is 16.6. The molecule has 0 aliphatic carbocycles. The number of rotatable bonds is 4. The number of piperidine rings is 1. The minimum Gasteiger partial charge on any atom is -0.379 e. The molecule has 0 saturated carbocycles. The van der Waals surface area contributed by atoms with E-state index in [1.165, 1.54) is 6.42 Å². The first kappa shape index (κ1) is 16.2. The summed E-state index contributed by atoms with van der Waals surface area (Å²) in [5.41, 5.74) is 1.78. The zero-order valence-electron chi connectivity index (χ0n) is 13.7. The lowest BCUT2D eigenvalue weighted by Crippen LogP contribution is -2.44. The van der Waals surface area contributed by atoms with Crippen LogP contribution < -0.4 is 4.90 Å². The molecule has 0 aromatic heterocycles. The van der Waals surface area contributed by atoms with Crippen molar-refractivity contribution in [3.8, 4) is 0 Å². The Balaban J connectivity index is 1.71. The molecule has 2 aliphatic rings. The molecule has 6 nitrogen and oxygen atoms in total. The molecule has 0 radical (unpaired) electrons. The van der Waals surface area contributed by atoms with Gasteiger partial charge in [0.1, 0.15) is 5.69 Å². The van der Waals surface area contributed by atoms with Gasteiger partial charge in [-0.3, -0.25) is 15.0 Å². The first-order valence-corrected chi connectivity index (χ1v) is 8.44. The summed E-state index contributed by atoms with van der Waals surface area (Å²) in [6.07, 6.45) is 2.30. The largest absolute Gasteiger partial charge is 0.379 e. The van der Waals surface area contributed by atoms with Crippen LogP contribution in [0.3, 0.4) is 0 Å². The van der Waals surface area contributed by atoms with Crippen molar-refractivity contribution in [1.29, 1.82) is 0 Å². The van der Waals surface area contributed by atoms with Crippen molar-refractivity contribution < 1.29 is 9.66 Å². The van der Waals surface area contributed by atoms with E-state index < -0.39 is 0 Å². The molecule has 1 atom stereocenters. The lowest BCUT2D eigenvalue weighted by Gasteiger charge is -2.37. The fourth-order valence-corrected chi connectivity index (χ4v) is 3.72. The van der Waals surface area contributed by atoms with Crippen LogP contribution in [0.5, 0.6) is 0 Å². The van der Waals surface area contributed by atoms with E-state index in [1.54, 1.807) is 0 Å². The van der Waals surface area contributed by atoms with Gasteiger partial charge >= 0.3 is 0 Å². The van der Waals surface area contributed by atoms with Gasteiger partial charge in [-0.25, -0.2) is 0 Å². The number of aryl methyl sites for hydroxylation is 1. The van der Waals surface area contributed by atoms with Crippen molar-refractivity contribution in [3.05, 3.63) is 33.9 Å². The number of hydrogen-bond acceptors (Lipinski definition) is 5. The minimum absolute atomic E-state index is 0.240. The lowest BCUT2D eigenvalue weighted by molar-refractivity contribution is -0.384. The van der Waals surface area contributed by atoms with Gasteiger partial charge in [-0.15, -0.1) is 0 Å². The van der Waals surface area contributed by atoms with Crippen molar-refractivity contribution in [3.63, 3.8) is 0 Å². The number of nitrogens with zero attached hydrogens (tertiary/aromatic N) is 3. The smallest absolute Gasteiger partial charge is 0.295 e. The van der Waals surface area contributed by atoms with Crippen LogP contribution in [0, 0.1) is 23.0 Å². The van der Waals surface area contributed by atoms with Gasteiger partial charge in [-0.2, -0.15) is 0 Å². The molecule has 2 saturated heterocycles. The fourth-order valence-electron chi connectivity index (χ4n) is 3.72. The molecule has 0 bridgehead atoms. The molecule has 2 heterocycles. The molecule has 0 amide bonds. The van der Waals surface area contributed by atoms with Crippen LogP contribution in [0.15, 0.2) is 18.2 Å². The zero-order valence-corrected chi connectivity index (χ0v) is 13.7. The number of ether oxygens (including phenoxy) is 1. The van der Waals surface area contributed by atoms with E-state index in [-0.39, 0.29) is 10.6 Å². The first-order chi connectivity index (χ1) is 11.1.